The van der Waals surface area contributed by atoms with E-state index in [9.17, 15) is 4.79 Å². The zero-order chi connectivity index (χ0) is 22.5. The molecule has 8 nitrogen and oxygen atoms in total. The standard InChI is InChI=1S/C24H37N5O3/c1-17-15-29(16-18(2)32-17)10-4-9-28-11-7-19(8-12-28)14-25-24(30)23-21-13-20(31-3)5-6-22(21)26-27-23/h5-6,13,17-19H,4,7-12,14-16H2,1-3H3,(H,25,30)(H,26,27)/t17-,18+. The minimum atomic E-state index is -0.124. The first-order valence-corrected chi connectivity index (χ1v) is 11.9. The third kappa shape index (κ3) is 5.79. The molecule has 4 rings (SSSR count). The molecule has 176 valence electrons. The molecule has 1 aromatic carbocycles. The van der Waals surface area contributed by atoms with Crippen LogP contribution in [0, 0.1) is 5.92 Å². The Morgan fingerprint density at radius 2 is 1.91 bits per heavy atom. The van der Waals surface area contributed by atoms with E-state index in [2.05, 4.69) is 39.2 Å². The molecule has 0 bridgehead atoms. The van der Waals surface area contributed by atoms with Crippen molar-refractivity contribution in [1.29, 1.82) is 0 Å². The first-order chi connectivity index (χ1) is 15.5. The third-order valence-corrected chi connectivity index (χ3v) is 6.69. The van der Waals surface area contributed by atoms with E-state index in [1.165, 1.54) is 6.42 Å². The van der Waals surface area contributed by atoms with E-state index in [1.54, 1.807) is 7.11 Å². The van der Waals surface area contributed by atoms with Crippen LogP contribution in [-0.2, 0) is 4.74 Å². The molecule has 0 unspecified atom stereocenters. The summed E-state index contributed by atoms with van der Waals surface area (Å²) >= 11 is 0. The summed E-state index contributed by atoms with van der Waals surface area (Å²) in [5, 5.41) is 11.0. The number of hydrogen-bond donors (Lipinski definition) is 2. The monoisotopic (exact) mass is 443 g/mol. The number of fused-ring (bicyclic) bond motifs is 1. The number of rotatable bonds is 8. The molecule has 2 aliphatic heterocycles. The summed E-state index contributed by atoms with van der Waals surface area (Å²) in [6.07, 6.45) is 4.14. The van der Waals surface area contributed by atoms with Gasteiger partial charge in [-0.05, 0) is 83.4 Å². The Balaban J connectivity index is 1.17. The first kappa shape index (κ1) is 23.0. The molecule has 0 spiro atoms. The van der Waals surface area contributed by atoms with Crippen LogP contribution in [0.4, 0.5) is 0 Å². The van der Waals surface area contributed by atoms with Crippen molar-refractivity contribution in [2.45, 2.75) is 45.3 Å². The van der Waals surface area contributed by atoms with Crippen LogP contribution in [0.5, 0.6) is 5.75 Å². The summed E-state index contributed by atoms with van der Waals surface area (Å²) in [6.45, 7) is 11.6. The van der Waals surface area contributed by atoms with E-state index >= 15 is 0 Å². The molecule has 2 aliphatic rings. The lowest BCUT2D eigenvalue weighted by Crippen LogP contribution is -2.46. The highest BCUT2D eigenvalue weighted by Crippen LogP contribution is 2.22. The van der Waals surface area contributed by atoms with Crippen molar-refractivity contribution in [1.82, 2.24) is 25.3 Å². The predicted molar refractivity (Wildman–Crippen MR) is 125 cm³/mol. The van der Waals surface area contributed by atoms with Crippen LogP contribution < -0.4 is 10.1 Å². The molecule has 32 heavy (non-hydrogen) atoms. The number of morpholine rings is 1. The number of nitrogens with zero attached hydrogens (tertiary/aromatic N) is 3. The number of methoxy groups -OCH3 is 1. The van der Waals surface area contributed by atoms with E-state index in [1.807, 2.05) is 18.2 Å². The molecule has 0 radical (unpaired) electrons. The number of aromatic amines is 1. The average molecular weight is 444 g/mol. The van der Waals surface area contributed by atoms with Crippen LogP contribution >= 0.6 is 0 Å². The van der Waals surface area contributed by atoms with Crippen LogP contribution in [0.3, 0.4) is 0 Å². The second-order valence-corrected chi connectivity index (χ2v) is 9.35. The number of benzene rings is 1. The Kier molecular flexibility index (Phi) is 7.65. The Morgan fingerprint density at radius 1 is 1.19 bits per heavy atom. The quantitative estimate of drug-likeness (QED) is 0.652. The minimum Gasteiger partial charge on any atom is -0.497 e. The highest BCUT2D eigenvalue weighted by atomic mass is 16.5. The highest BCUT2D eigenvalue weighted by molar-refractivity contribution is 6.05. The smallest absolute Gasteiger partial charge is 0.272 e. The van der Waals surface area contributed by atoms with Gasteiger partial charge in [0.05, 0.1) is 24.8 Å². The molecule has 3 heterocycles. The van der Waals surface area contributed by atoms with Crippen LogP contribution in [0.1, 0.15) is 43.6 Å². The van der Waals surface area contributed by atoms with E-state index in [-0.39, 0.29) is 5.91 Å². The topological polar surface area (TPSA) is 82.7 Å². The molecule has 2 aromatic rings. The molecule has 2 N–H and O–H groups in total. The van der Waals surface area contributed by atoms with Gasteiger partial charge in [-0.1, -0.05) is 0 Å². The Morgan fingerprint density at radius 3 is 2.62 bits per heavy atom. The van der Waals surface area contributed by atoms with E-state index in [0.717, 1.165) is 68.8 Å². The molecule has 1 amide bonds. The van der Waals surface area contributed by atoms with Crippen LogP contribution in [-0.4, -0.2) is 91.0 Å². The molecule has 2 saturated heterocycles. The maximum Gasteiger partial charge on any atom is 0.272 e. The van der Waals surface area contributed by atoms with Gasteiger partial charge in [0.25, 0.3) is 5.91 Å². The summed E-state index contributed by atoms with van der Waals surface area (Å²) in [6, 6.07) is 5.59. The number of aromatic nitrogens is 2. The SMILES string of the molecule is COc1ccc2[nH]nc(C(=O)NCC3CCN(CCCN4C[C@@H](C)O[C@@H](C)C4)CC3)c2c1. The number of H-pyrrole nitrogens is 1. The van der Waals surface area contributed by atoms with Crippen LogP contribution in [0.15, 0.2) is 18.2 Å². The van der Waals surface area contributed by atoms with Crippen molar-refractivity contribution in [3.63, 3.8) is 0 Å². The third-order valence-electron chi connectivity index (χ3n) is 6.69. The molecule has 2 fully saturated rings. The van der Waals surface area contributed by atoms with Gasteiger partial charge in [-0.3, -0.25) is 14.8 Å². The van der Waals surface area contributed by atoms with Gasteiger partial charge in [-0.2, -0.15) is 5.10 Å². The lowest BCUT2D eigenvalue weighted by molar-refractivity contribution is -0.0685. The minimum absolute atomic E-state index is 0.124. The van der Waals surface area contributed by atoms with Crippen molar-refractivity contribution in [2.24, 2.45) is 5.92 Å². The maximum absolute atomic E-state index is 12.7. The molecular weight excluding hydrogens is 406 g/mol. The zero-order valence-electron chi connectivity index (χ0n) is 19.6. The molecule has 0 aliphatic carbocycles. The van der Waals surface area contributed by atoms with E-state index < -0.39 is 0 Å². The summed E-state index contributed by atoms with van der Waals surface area (Å²) in [4.78, 5) is 17.8. The molecule has 1 aromatic heterocycles. The van der Waals surface area contributed by atoms with E-state index in [4.69, 9.17) is 9.47 Å². The average Bonchev–Trinajstić information content (AvgIpc) is 3.21. The highest BCUT2D eigenvalue weighted by Gasteiger charge is 2.23. The summed E-state index contributed by atoms with van der Waals surface area (Å²) < 4.78 is 11.1. The van der Waals surface area contributed by atoms with Gasteiger partial charge < -0.3 is 19.7 Å². The largest absolute Gasteiger partial charge is 0.497 e. The Hall–Kier alpha value is -2.16. The molecule has 2 atom stereocenters. The Labute approximate surface area is 190 Å². The van der Waals surface area contributed by atoms with Crippen molar-refractivity contribution in [2.75, 3.05) is 52.9 Å². The maximum atomic E-state index is 12.7. The number of amides is 1. The predicted octanol–water partition coefficient (Wildman–Crippen LogP) is 2.51. The number of nitrogens with one attached hydrogen (secondary N) is 2. The lowest BCUT2D eigenvalue weighted by Gasteiger charge is -2.36. The van der Waals surface area contributed by atoms with Gasteiger partial charge in [-0.25, -0.2) is 0 Å². The van der Waals surface area contributed by atoms with Gasteiger partial charge in [-0.15, -0.1) is 0 Å². The normalized spacial score (nSPS) is 23.5. The number of carbonyl (C=O) groups excluding carboxylic acids is 1. The van der Waals surface area contributed by atoms with Crippen molar-refractivity contribution < 1.29 is 14.3 Å². The number of carbonyl (C=O) groups is 1. The number of ether oxygens (including phenoxy) is 2. The zero-order valence-corrected chi connectivity index (χ0v) is 19.6. The van der Waals surface area contributed by atoms with Gasteiger partial charge in [0, 0.05) is 25.0 Å². The fourth-order valence-electron chi connectivity index (χ4n) is 5.01. The number of hydrogen-bond acceptors (Lipinski definition) is 6. The number of likely N-dealkylation sites (tertiary alicyclic amines) is 1. The fraction of sp³-hybridized carbons (Fsp3) is 0.667. The molecule has 0 saturated carbocycles. The van der Waals surface area contributed by atoms with Gasteiger partial charge in [0.1, 0.15) is 5.75 Å². The lowest BCUT2D eigenvalue weighted by atomic mass is 9.96. The van der Waals surface area contributed by atoms with Gasteiger partial charge in [0.15, 0.2) is 5.69 Å². The van der Waals surface area contributed by atoms with Crippen LogP contribution in [0.2, 0.25) is 0 Å². The summed E-state index contributed by atoms with van der Waals surface area (Å²) in [7, 11) is 1.62. The van der Waals surface area contributed by atoms with Gasteiger partial charge in [0.2, 0.25) is 0 Å². The second kappa shape index (κ2) is 10.6. The second-order valence-electron chi connectivity index (χ2n) is 9.35. The summed E-state index contributed by atoms with van der Waals surface area (Å²) in [5.74, 6) is 1.12. The molecule has 8 heteroatoms. The van der Waals surface area contributed by atoms with E-state index in [0.29, 0.717) is 30.4 Å². The summed E-state index contributed by atoms with van der Waals surface area (Å²) in [5.41, 5.74) is 1.27. The molecular formula is C24H37N5O3. The van der Waals surface area contributed by atoms with Crippen molar-refractivity contribution in [3.05, 3.63) is 23.9 Å². The van der Waals surface area contributed by atoms with Crippen LogP contribution in [0.25, 0.3) is 10.9 Å². The Bertz CT molecular complexity index is 883. The number of piperidine rings is 1. The van der Waals surface area contributed by atoms with Crippen molar-refractivity contribution >= 4 is 16.8 Å². The fourth-order valence-corrected chi connectivity index (χ4v) is 5.01. The first-order valence-electron chi connectivity index (χ1n) is 11.9. The van der Waals surface area contributed by atoms with Gasteiger partial charge >= 0.3 is 0 Å². The van der Waals surface area contributed by atoms with Crippen molar-refractivity contribution in [3.8, 4) is 5.75 Å².